The summed E-state index contributed by atoms with van der Waals surface area (Å²) < 4.78 is 19.6. The highest BCUT2D eigenvalue weighted by Crippen LogP contribution is 2.48. The highest BCUT2D eigenvalue weighted by molar-refractivity contribution is 6.34. The Bertz CT molecular complexity index is 901. The predicted octanol–water partition coefficient (Wildman–Crippen LogP) is 3.81. The Morgan fingerprint density at radius 3 is 2.79 bits per heavy atom. The molecule has 0 aliphatic carbocycles. The van der Waals surface area contributed by atoms with Crippen molar-refractivity contribution in [3.05, 3.63) is 39.5 Å². The number of hydrogen-bond donors (Lipinski definition) is 0. The lowest BCUT2D eigenvalue weighted by Gasteiger charge is -2.20. The zero-order valence-electron chi connectivity index (χ0n) is 12.9. The summed E-state index contributed by atoms with van der Waals surface area (Å²) in [7, 11) is 0. The van der Waals surface area contributed by atoms with Crippen LogP contribution in [-0.2, 0) is 16.6 Å². The number of rotatable bonds is 1. The summed E-state index contributed by atoms with van der Waals surface area (Å²) in [5.74, 6) is -0.253. The van der Waals surface area contributed by atoms with Crippen LogP contribution in [0.1, 0.15) is 25.0 Å². The molecule has 3 heterocycles. The number of anilines is 2. The molecule has 0 saturated carbocycles. The summed E-state index contributed by atoms with van der Waals surface area (Å²) in [5, 5.41) is 0.0510. The molecule has 1 aromatic carbocycles. The minimum Gasteiger partial charge on any atom is -0.490 e. The van der Waals surface area contributed by atoms with E-state index in [1.165, 1.54) is 11.0 Å². The van der Waals surface area contributed by atoms with Crippen LogP contribution < -0.4 is 9.64 Å². The van der Waals surface area contributed by atoms with Crippen molar-refractivity contribution in [2.24, 2.45) is 0 Å². The number of carbonyl (C=O) groups is 1. The van der Waals surface area contributed by atoms with Crippen molar-refractivity contribution < 1.29 is 13.9 Å². The van der Waals surface area contributed by atoms with Crippen LogP contribution in [0.25, 0.3) is 0 Å². The Morgan fingerprint density at radius 2 is 2.04 bits per heavy atom. The van der Waals surface area contributed by atoms with E-state index in [4.69, 9.17) is 27.9 Å². The van der Waals surface area contributed by atoms with Crippen molar-refractivity contribution in [3.8, 4) is 5.75 Å². The molecule has 0 fully saturated rings. The van der Waals surface area contributed by atoms with Crippen molar-refractivity contribution in [1.82, 2.24) is 9.97 Å². The molecule has 2 aromatic rings. The highest BCUT2D eigenvalue weighted by Gasteiger charge is 2.48. The molecule has 0 spiro atoms. The van der Waals surface area contributed by atoms with Crippen LogP contribution in [0.15, 0.2) is 12.1 Å². The molecule has 0 atom stereocenters. The standard InChI is InChI=1S/C16H12Cl2FN3O2/c1-16(2)10-12(17)20-15(18)21-13(10)22(14(16)23)8-5-7-3-4-24-11(7)9(19)6-8/h5-6H,3-4H2,1-2H3. The number of halogens is 3. The van der Waals surface area contributed by atoms with E-state index in [-0.39, 0.29) is 27.9 Å². The van der Waals surface area contributed by atoms with E-state index in [2.05, 4.69) is 9.97 Å². The number of aromatic nitrogens is 2. The van der Waals surface area contributed by atoms with Gasteiger partial charge in [0.25, 0.3) is 0 Å². The number of ether oxygens (including phenoxy) is 1. The number of nitrogens with zero attached hydrogens (tertiary/aromatic N) is 3. The van der Waals surface area contributed by atoms with Gasteiger partial charge in [-0.05, 0) is 31.5 Å². The van der Waals surface area contributed by atoms with Gasteiger partial charge < -0.3 is 4.74 Å². The molecule has 4 rings (SSSR count). The Hall–Kier alpha value is -1.92. The summed E-state index contributed by atoms with van der Waals surface area (Å²) >= 11 is 12.1. The highest BCUT2D eigenvalue weighted by atomic mass is 35.5. The number of hydrogen-bond acceptors (Lipinski definition) is 4. The molecule has 0 radical (unpaired) electrons. The first-order valence-electron chi connectivity index (χ1n) is 7.34. The zero-order chi connectivity index (χ0) is 17.2. The summed E-state index contributed by atoms with van der Waals surface area (Å²) in [6.45, 7) is 3.87. The van der Waals surface area contributed by atoms with E-state index in [1.54, 1.807) is 19.9 Å². The largest absolute Gasteiger partial charge is 0.490 e. The second-order valence-corrected chi connectivity index (χ2v) is 6.96. The zero-order valence-corrected chi connectivity index (χ0v) is 14.4. The Labute approximate surface area is 147 Å². The maximum atomic E-state index is 14.3. The van der Waals surface area contributed by atoms with Crippen LogP contribution in [-0.4, -0.2) is 22.5 Å². The fourth-order valence-electron chi connectivity index (χ4n) is 3.19. The summed E-state index contributed by atoms with van der Waals surface area (Å²) in [4.78, 5) is 22.4. The first-order valence-corrected chi connectivity index (χ1v) is 8.09. The van der Waals surface area contributed by atoms with Gasteiger partial charge in [-0.25, -0.2) is 9.37 Å². The van der Waals surface area contributed by atoms with Crippen LogP contribution in [0.5, 0.6) is 5.75 Å². The molecule has 0 unspecified atom stereocenters. The Kier molecular flexibility index (Phi) is 3.27. The first kappa shape index (κ1) is 15.6. The molecule has 124 valence electrons. The van der Waals surface area contributed by atoms with Gasteiger partial charge in [-0.15, -0.1) is 0 Å². The molecule has 1 amide bonds. The van der Waals surface area contributed by atoms with Crippen LogP contribution in [0.3, 0.4) is 0 Å². The maximum absolute atomic E-state index is 14.3. The quantitative estimate of drug-likeness (QED) is 0.567. The second kappa shape index (κ2) is 5.04. The van der Waals surface area contributed by atoms with Crippen molar-refractivity contribution in [2.45, 2.75) is 25.7 Å². The van der Waals surface area contributed by atoms with Gasteiger partial charge in [-0.1, -0.05) is 11.6 Å². The van der Waals surface area contributed by atoms with E-state index < -0.39 is 11.2 Å². The Morgan fingerprint density at radius 1 is 1.29 bits per heavy atom. The summed E-state index contributed by atoms with van der Waals surface area (Å²) in [6.07, 6.45) is 0.587. The number of carbonyl (C=O) groups excluding carboxylic acids is 1. The average molecular weight is 368 g/mol. The molecule has 2 aliphatic rings. The third-order valence-electron chi connectivity index (χ3n) is 4.37. The fourth-order valence-corrected chi connectivity index (χ4v) is 3.80. The second-order valence-electron chi connectivity index (χ2n) is 6.26. The monoisotopic (exact) mass is 367 g/mol. The van der Waals surface area contributed by atoms with E-state index in [1.807, 2.05) is 0 Å². The summed E-state index contributed by atoms with van der Waals surface area (Å²) in [5.41, 5.74) is 0.633. The molecule has 24 heavy (non-hydrogen) atoms. The number of benzene rings is 1. The molecule has 5 nitrogen and oxygen atoms in total. The van der Waals surface area contributed by atoms with Crippen molar-refractivity contribution >= 4 is 40.6 Å². The van der Waals surface area contributed by atoms with Gasteiger partial charge in [0.1, 0.15) is 5.15 Å². The van der Waals surface area contributed by atoms with Crippen LogP contribution in [0.4, 0.5) is 15.9 Å². The Balaban J connectivity index is 1.95. The van der Waals surface area contributed by atoms with Crippen molar-refractivity contribution in [3.63, 3.8) is 0 Å². The molecule has 1 aromatic heterocycles. The lowest BCUT2D eigenvalue weighted by molar-refractivity contribution is -0.121. The van der Waals surface area contributed by atoms with Gasteiger partial charge in [0.2, 0.25) is 11.2 Å². The average Bonchev–Trinajstić information content (AvgIpc) is 3.01. The van der Waals surface area contributed by atoms with Crippen LogP contribution in [0, 0.1) is 5.82 Å². The molecule has 0 bridgehead atoms. The van der Waals surface area contributed by atoms with E-state index in [0.29, 0.717) is 24.3 Å². The van der Waals surface area contributed by atoms with Gasteiger partial charge in [0, 0.05) is 23.6 Å². The van der Waals surface area contributed by atoms with Crippen molar-refractivity contribution in [2.75, 3.05) is 11.5 Å². The third kappa shape index (κ3) is 2.03. The minimum absolute atomic E-state index is 0.0702. The topological polar surface area (TPSA) is 55.3 Å². The van der Waals surface area contributed by atoms with Crippen LogP contribution >= 0.6 is 23.2 Å². The molecule has 2 aliphatic heterocycles. The maximum Gasteiger partial charge on any atom is 0.243 e. The SMILES string of the molecule is CC1(C)C(=O)N(c2cc(F)c3c(c2)CCO3)c2nc(Cl)nc(Cl)c21. The summed E-state index contributed by atoms with van der Waals surface area (Å²) in [6, 6.07) is 3.00. The van der Waals surface area contributed by atoms with Gasteiger partial charge >= 0.3 is 0 Å². The van der Waals surface area contributed by atoms with Gasteiger partial charge in [-0.2, -0.15) is 4.98 Å². The van der Waals surface area contributed by atoms with Gasteiger partial charge in [0.05, 0.1) is 17.7 Å². The molecular weight excluding hydrogens is 356 g/mol. The van der Waals surface area contributed by atoms with Crippen molar-refractivity contribution in [1.29, 1.82) is 0 Å². The first-order chi connectivity index (χ1) is 11.3. The van der Waals surface area contributed by atoms with E-state index in [0.717, 1.165) is 5.56 Å². The minimum atomic E-state index is -0.941. The normalized spacial score (nSPS) is 17.7. The predicted molar refractivity (Wildman–Crippen MR) is 87.8 cm³/mol. The lowest BCUT2D eigenvalue weighted by Crippen LogP contribution is -2.33. The number of fused-ring (bicyclic) bond motifs is 2. The van der Waals surface area contributed by atoms with Gasteiger partial charge in [-0.3, -0.25) is 9.69 Å². The molecule has 8 heteroatoms. The van der Waals surface area contributed by atoms with E-state index >= 15 is 0 Å². The molecule has 0 N–H and O–H groups in total. The fraction of sp³-hybridized carbons (Fsp3) is 0.312. The molecular formula is C16H12Cl2FN3O2. The van der Waals surface area contributed by atoms with Crippen LogP contribution in [0.2, 0.25) is 10.4 Å². The lowest BCUT2D eigenvalue weighted by atomic mass is 9.88. The number of amides is 1. The smallest absolute Gasteiger partial charge is 0.243 e. The molecule has 0 saturated heterocycles. The third-order valence-corrected chi connectivity index (χ3v) is 4.82. The van der Waals surface area contributed by atoms with E-state index in [9.17, 15) is 9.18 Å². The van der Waals surface area contributed by atoms with Gasteiger partial charge in [0.15, 0.2) is 17.4 Å².